The lowest BCUT2D eigenvalue weighted by Gasteiger charge is -2.47. The molecule has 2 aliphatic rings. The molecule has 3 atom stereocenters. The average molecular weight is 393 g/mol. The molecule has 140 valence electrons. The predicted octanol–water partition coefficient (Wildman–Crippen LogP) is 4.36. The van der Waals surface area contributed by atoms with Crippen molar-refractivity contribution in [2.24, 2.45) is 0 Å². The average Bonchev–Trinajstić information content (AvgIpc) is 2.99. The number of ether oxygens (including phenoxy) is 1. The number of piperidine rings is 1. The Morgan fingerprint density at radius 2 is 2.23 bits per heavy atom. The highest BCUT2D eigenvalue weighted by atomic mass is 35.5. The van der Waals surface area contributed by atoms with Gasteiger partial charge in [0.2, 0.25) is 0 Å². The summed E-state index contributed by atoms with van der Waals surface area (Å²) in [6, 6.07) is 6.58. The van der Waals surface area contributed by atoms with Crippen molar-refractivity contribution in [3.63, 3.8) is 0 Å². The van der Waals surface area contributed by atoms with E-state index in [2.05, 4.69) is 35.9 Å². The molecule has 0 radical (unpaired) electrons. The topological polar surface area (TPSA) is 45.6 Å². The number of nitrogens with zero attached hydrogens (tertiary/aromatic N) is 2. The fourth-order valence-corrected chi connectivity index (χ4v) is 5.77. The van der Waals surface area contributed by atoms with Crippen LogP contribution in [0.4, 0.5) is 0 Å². The Labute approximate surface area is 163 Å². The minimum Gasteiger partial charge on any atom is -0.386 e. The zero-order valence-electron chi connectivity index (χ0n) is 15.5. The third-order valence-electron chi connectivity index (χ3n) is 5.78. The van der Waals surface area contributed by atoms with Crippen molar-refractivity contribution in [2.45, 2.75) is 57.9 Å². The first-order valence-electron chi connectivity index (χ1n) is 9.17. The highest BCUT2D eigenvalue weighted by molar-refractivity contribution is 7.16. The van der Waals surface area contributed by atoms with Crippen LogP contribution in [0, 0.1) is 13.8 Å². The van der Waals surface area contributed by atoms with Crippen molar-refractivity contribution in [1.29, 1.82) is 0 Å². The monoisotopic (exact) mass is 392 g/mol. The Bertz CT molecular complexity index is 824. The maximum absolute atomic E-state index is 10.3. The second-order valence-corrected chi connectivity index (χ2v) is 9.31. The van der Waals surface area contributed by atoms with Crippen molar-refractivity contribution in [1.82, 2.24) is 9.88 Å². The number of likely N-dealkylation sites (tertiary alicyclic amines) is 1. The second kappa shape index (κ2) is 6.88. The highest BCUT2D eigenvalue weighted by Gasteiger charge is 2.46. The van der Waals surface area contributed by atoms with Gasteiger partial charge in [0.25, 0.3) is 0 Å². The van der Waals surface area contributed by atoms with Crippen LogP contribution >= 0.6 is 22.9 Å². The molecule has 1 spiro atoms. The van der Waals surface area contributed by atoms with E-state index in [9.17, 15) is 5.11 Å². The molecule has 1 fully saturated rings. The van der Waals surface area contributed by atoms with Crippen LogP contribution < -0.4 is 0 Å². The summed E-state index contributed by atoms with van der Waals surface area (Å²) >= 11 is 7.82. The first kappa shape index (κ1) is 18.4. The van der Waals surface area contributed by atoms with Crippen molar-refractivity contribution in [3.8, 4) is 0 Å². The Morgan fingerprint density at radius 3 is 2.96 bits per heavy atom. The molecule has 2 aromatic heterocycles. The van der Waals surface area contributed by atoms with Crippen LogP contribution in [0.25, 0.3) is 0 Å². The fourth-order valence-electron chi connectivity index (χ4n) is 4.30. The van der Waals surface area contributed by atoms with Crippen LogP contribution in [0.3, 0.4) is 0 Å². The van der Waals surface area contributed by atoms with Gasteiger partial charge in [0.1, 0.15) is 11.7 Å². The van der Waals surface area contributed by atoms with E-state index in [0.29, 0.717) is 12.6 Å². The number of aryl methyl sites for hydroxylation is 2. The summed E-state index contributed by atoms with van der Waals surface area (Å²) in [6.45, 7) is 8.61. The number of aromatic nitrogens is 1. The van der Waals surface area contributed by atoms with Crippen molar-refractivity contribution in [2.75, 3.05) is 13.2 Å². The molecule has 0 aromatic carbocycles. The van der Waals surface area contributed by atoms with E-state index < -0.39 is 6.10 Å². The first-order chi connectivity index (χ1) is 12.4. The van der Waals surface area contributed by atoms with E-state index in [1.807, 2.05) is 13.0 Å². The number of aliphatic hydroxyl groups excluding tert-OH is 1. The van der Waals surface area contributed by atoms with Gasteiger partial charge in [-0.05, 0) is 51.3 Å². The Balaban J connectivity index is 1.54. The zero-order chi connectivity index (χ0) is 18.5. The summed E-state index contributed by atoms with van der Waals surface area (Å²) < 4.78 is 6.96. The van der Waals surface area contributed by atoms with E-state index in [0.717, 1.165) is 52.1 Å². The van der Waals surface area contributed by atoms with E-state index in [1.54, 1.807) is 11.3 Å². The maximum Gasteiger partial charge on any atom is 0.105 e. The molecule has 1 N–H and O–H groups in total. The van der Waals surface area contributed by atoms with E-state index in [-0.39, 0.29) is 5.60 Å². The molecule has 2 aliphatic heterocycles. The molecule has 4 nitrogen and oxygen atoms in total. The van der Waals surface area contributed by atoms with E-state index >= 15 is 0 Å². The number of thiophene rings is 1. The highest BCUT2D eigenvalue weighted by Crippen LogP contribution is 2.50. The molecule has 0 aliphatic carbocycles. The Morgan fingerprint density at radius 1 is 1.42 bits per heavy atom. The zero-order valence-corrected chi connectivity index (χ0v) is 17.0. The first-order valence-corrected chi connectivity index (χ1v) is 10.4. The summed E-state index contributed by atoms with van der Waals surface area (Å²) in [5.41, 5.74) is 4.13. The summed E-state index contributed by atoms with van der Waals surface area (Å²) in [6.07, 6.45) is 1.28. The molecule has 0 amide bonds. The molecule has 4 heterocycles. The van der Waals surface area contributed by atoms with Gasteiger partial charge in [0, 0.05) is 41.0 Å². The number of hydrogen-bond acceptors (Lipinski definition) is 5. The van der Waals surface area contributed by atoms with Gasteiger partial charge >= 0.3 is 0 Å². The van der Waals surface area contributed by atoms with Gasteiger partial charge in [-0.15, -0.1) is 11.3 Å². The molecule has 6 heteroatoms. The van der Waals surface area contributed by atoms with E-state index in [4.69, 9.17) is 16.3 Å². The summed E-state index contributed by atoms with van der Waals surface area (Å²) in [5.74, 6) is 0. The maximum atomic E-state index is 10.3. The van der Waals surface area contributed by atoms with Crippen molar-refractivity contribution in [3.05, 3.63) is 49.9 Å². The van der Waals surface area contributed by atoms with Crippen molar-refractivity contribution >= 4 is 22.9 Å². The third-order valence-corrected chi connectivity index (χ3v) is 7.25. The van der Waals surface area contributed by atoms with Crippen LogP contribution in [0.2, 0.25) is 4.34 Å². The lowest BCUT2D eigenvalue weighted by molar-refractivity contribution is -0.139. The van der Waals surface area contributed by atoms with Crippen LogP contribution in [-0.4, -0.2) is 34.2 Å². The Hall–Kier alpha value is -0.980. The van der Waals surface area contributed by atoms with Gasteiger partial charge in [-0.3, -0.25) is 9.88 Å². The number of fused-ring (bicyclic) bond motifs is 2. The van der Waals surface area contributed by atoms with Gasteiger partial charge in [0.15, 0.2) is 0 Å². The van der Waals surface area contributed by atoms with Crippen LogP contribution in [0.1, 0.15) is 53.3 Å². The molecule has 26 heavy (non-hydrogen) atoms. The fraction of sp³-hybridized carbons (Fsp3) is 0.550. The van der Waals surface area contributed by atoms with Gasteiger partial charge < -0.3 is 9.84 Å². The second-order valence-electron chi connectivity index (χ2n) is 7.63. The predicted molar refractivity (Wildman–Crippen MR) is 105 cm³/mol. The SMILES string of the molecule is Cc1ccc(CN2CC[C@]3(C[C@@H]2C)OC[C@H](O)c2cc(Cl)sc23)c(C)n1. The number of aliphatic hydroxyl groups is 1. The Kier molecular flexibility index (Phi) is 4.86. The number of pyridine rings is 1. The third kappa shape index (κ3) is 3.20. The van der Waals surface area contributed by atoms with Crippen LogP contribution in [0.15, 0.2) is 18.2 Å². The summed E-state index contributed by atoms with van der Waals surface area (Å²) in [5, 5.41) is 10.3. The van der Waals surface area contributed by atoms with Gasteiger partial charge in [-0.1, -0.05) is 17.7 Å². The minimum absolute atomic E-state index is 0.303. The van der Waals surface area contributed by atoms with Crippen LogP contribution in [0.5, 0.6) is 0 Å². The lowest BCUT2D eigenvalue weighted by atomic mass is 9.81. The molecule has 2 aromatic rings. The van der Waals surface area contributed by atoms with Gasteiger partial charge in [-0.25, -0.2) is 0 Å². The van der Waals surface area contributed by atoms with E-state index in [1.165, 1.54) is 5.56 Å². The summed E-state index contributed by atoms with van der Waals surface area (Å²) in [7, 11) is 0. The summed E-state index contributed by atoms with van der Waals surface area (Å²) in [4.78, 5) is 8.23. The standard InChI is InChI=1S/C20H25ClN2O2S/c1-12-4-5-15(14(3)22-12)10-23-7-6-20(9-13(23)2)19-16(8-18(21)26-19)17(24)11-25-20/h4-5,8,13,17,24H,6-7,9-11H2,1-3H3/t13-,17-,20+/m0/s1. The van der Waals surface area contributed by atoms with Crippen LogP contribution in [-0.2, 0) is 16.9 Å². The molecule has 0 unspecified atom stereocenters. The minimum atomic E-state index is -0.561. The smallest absolute Gasteiger partial charge is 0.105 e. The lowest BCUT2D eigenvalue weighted by Crippen LogP contribution is -2.50. The number of rotatable bonds is 2. The molecular weight excluding hydrogens is 368 g/mol. The molecule has 0 bridgehead atoms. The van der Waals surface area contributed by atoms with Crippen molar-refractivity contribution < 1.29 is 9.84 Å². The van der Waals surface area contributed by atoms with Gasteiger partial charge in [0.05, 0.1) is 10.9 Å². The molecular formula is C20H25ClN2O2S. The molecule has 0 saturated carbocycles. The molecule has 4 rings (SSSR count). The quantitative estimate of drug-likeness (QED) is 0.824. The largest absolute Gasteiger partial charge is 0.386 e. The number of hydrogen-bond donors (Lipinski definition) is 1. The normalized spacial score (nSPS) is 29.1. The number of halogens is 1. The molecule has 1 saturated heterocycles. The van der Waals surface area contributed by atoms with Gasteiger partial charge in [-0.2, -0.15) is 0 Å².